The summed E-state index contributed by atoms with van der Waals surface area (Å²) in [6.45, 7) is 1.48. The predicted octanol–water partition coefficient (Wildman–Crippen LogP) is 1.59. The van der Waals surface area contributed by atoms with E-state index in [1.165, 1.54) is 12.1 Å². The normalized spacial score (nSPS) is 12.3. The van der Waals surface area contributed by atoms with Crippen LogP contribution in [0.25, 0.3) is 0 Å². The lowest BCUT2D eigenvalue weighted by Gasteiger charge is -2.10. The molecule has 0 spiro atoms. The van der Waals surface area contributed by atoms with Crippen LogP contribution in [0.2, 0.25) is 5.02 Å². The second kappa shape index (κ2) is 5.09. The van der Waals surface area contributed by atoms with Gasteiger partial charge in [0.15, 0.2) is 0 Å². The van der Waals surface area contributed by atoms with Crippen LogP contribution in [0.15, 0.2) is 18.2 Å². The van der Waals surface area contributed by atoms with Crippen LogP contribution < -0.4 is 5.32 Å². The van der Waals surface area contributed by atoms with Crippen LogP contribution in [-0.2, 0) is 0 Å². The first-order valence-corrected chi connectivity index (χ1v) is 4.79. The molecule has 0 aliphatic rings. The van der Waals surface area contributed by atoms with Gasteiger partial charge in [-0.1, -0.05) is 11.6 Å². The topological polar surface area (TPSA) is 49.3 Å². The minimum absolute atomic E-state index is 0.0262. The summed E-state index contributed by atoms with van der Waals surface area (Å²) in [6, 6.07) is 3.43. The van der Waals surface area contributed by atoms with Crippen molar-refractivity contribution >= 4 is 17.5 Å². The lowest BCUT2D eigenvalue weighted by molar-refractivity contribution is 0.0922. The average Bonchev–Trinajstić information content (AvgIpc) is 2.21. The monoisotopic (exact) mass is 231 g/mol. The highest BCUT2D eigenvalue weighted by Crippen LogP contribution is 2.15. The van der Waals surface area contributed by atoms with Gasteiger partial charge in [-0.2, -0.15) is 0 Å². The molecule has 82 valence electrons. The number of hydrogen-bond donors (Lipinski definition) is 2. The molecule has 0 aromatic heterocycles. The van der Waals surface area contributed by atoms with Gasteiger partial charge in [-0.15, -0.1) is 0 Å². The summed E-state index contributed by atoms with van der Waals surface area (Å²) >= 11 is 5.47. The molecular formula is C10H11ClFNO2. The standard InChI is InChI=1S/C10H11ClFNO2/c1-6(5-14)13-10(15)7-2-3-8(11)9(12)4-7/h2-4,6,14H,5H2,1H3,(H,13,15)/t6-/m0/s1. The highest BCUT2D eigenvalue weighted by molar-refractivity contribution is 6.30. The van der Waals surface area contributed by atoms with Gasteiger partial charge in [0.2, 0.25) is 0 Å². The van der Waals surface area contributed by atoms with E-state index in [4.69, 9.17) is 16.7 Å². The van der Waals surface area contributed by atoms with E-state index in [1.807, 2.05) is 0 Å². The Balaban J connectivity index is 2.78. The molecule has 1 aromatic carbocycles. The number of amides is 1. The number of rotatable bonds is 3. The molecule has 5 heteroatoms. The molecule has 0 fully saturated rings. The van der Waals surface area contributed by atoms with Crippen LogP contribution in [0.4, 0.5) is 4.39 Å². The smallest absolute Gasteiger partial charge is 0.251 e. The van der Waals surface area contributed by atoms with Crippen LogP contribution in [0.1, 0.15) is 17.3 Å². The third-order valence-corrected chi connectivity index (χ3v) is 2.14. The Kier molecular flexibility index (Phi) is 4.05. The minimum Gasteiger partial charge on any atom is -0.394 e. The van der Waals surface area contributed by atoms with Crippen LogP contribution >= 0.6 is 11.6 Å². The third kappa shape index (κ3) is 3.18. The highest BCUT2D eigenvalue weighted by Gasteiger charge is 2.10. The molecule has 0 heterocycles. The summed E-state index contributed by atoms with van der Waals surface area (Å²) in [4.78, 5) is 11.4. The van der Waals surface area contributed by atoms with E-state index in [0.717, 1.165) is 6.07 Å². The number of halogens is 2. The van der Waals surface area contributed by atoms with Gasteiger partial charge in [-0.05, 0) is 25.1 Å². The number of aliphatic hydroxyl groups is 1. The molecule has 15 heavy (non-hydrogen) atoms. The molecule has 1 rings (SSSR count). The summed E-state index contributed by atoms with van der Waals surface area (Å²) in [5.74, 6) is -1.08. The maximum absolute atomic E-state index is 13.0. The minimum atomic E-state index is -0.638. The van der Waals surface area contributed by atoms with Gasteiger partial charge in [0.05, 0.1) is 11.6 Å². The van der Waals surface area contributed by atoms with Gasteiger partial charge in [0.1, 0.15) is 5.82 Å². The first kappa shape index (κ1) is 11.9. The van der Waals surface area contributed by atoms with Gasteiger partial charge in [0, 0.05) is 11.6 Å². The molecule has 1 amide bonds. The highest BCUT2D eigenvalue weighted by atomic mass is 35.5. The second-order valence-electron chi connectivity index (χ2n) is 3.19. The lowest BCUT2D eigenvalue weighted by Crippen LogP contribution is -2.35. The van der Waals surface area contributed by atoms with Gasteiger partial charge in [-0.3, -0.25) is 4.79 Å². The Hall–Kier alpha value is -1.13. The van der Waals surface area contributed by atoms with Crippen molar-refractivity contribution in [1.82, 2.24) is 5.32 Å². The fraction of sp³-hybridized carbons (Fsp3) is 0.300. The Morgan fingerprint density at radius 1 is 1.67 bits per heavy atom. The largest absolute Gasteiger partial charge is 0.394 e. The number of aliphatic hydroxyl groups excluding tert-OH is 1. The summed E-state index contributed by atoms with van der Waals surface area (Å²) in [6.07, 6.45) is 0. The molecule has 1 aromatic rings. The van der Waals surface area contributed by atoms with Crippen LogP contribution in [0.3, 0.4) is 0 Å². The Bertz CT molecular complexity index is 370. The van der Waals surface area contributed by atoms with Gasteiger partial charge in [0.25, 0.3) is 5.91 Å². The number of carbonyl (C=O) groups excluding carboxylic acids is 1. The number of carbonyl (C=O) groups is 1. The molecule has 0 saturated heterocycles. The molecule has 0 unspecified atom stereocenters. The molecule has 2 N–H and O–H groups in total. The maximum atomic E-state index is 13.0. The van der Waals surface area contributed by atoms with Crippen molar-refractivity contribution in [2.75, 3.05) is 6.61 Å². The third-order valence-electron chi connectivity index (χ3n) is 1.83. The molecule has 0 aliphatic carbocycles. The number of hydrogen-bond acceptors (Lipinski definition) is 2. The SMILES string of the molecule is C[C@@H](CO)NC(=O)c1ccc(Cl)c(F)c1. The first-order chi connectivity index (χ1) is 7.04. The molecule has 0 bridgehead atoms. The van der Waals surface area contributed by atoms with Crippen molar-refractivity contribution in [3.05, 3.63) is 34.6 Å². The van der Waals surface area contributed by atoms with Crippen LogP contribution in [0.5, 0.6) is 0 Å². The molecule has 0 saturated carbocycles. The summed E-state index contributed by atoms with van der Waals surface area (Å²) in [5.41, 5.74) is 0.178. The summed E-state index contributed by atoms with van der Waals surface area (Å²) < 4.78 is 13.0. The zero-order chi connectivity index (χ0) is 11.4. The zero-order valence-electron chi connectivity index (χ0n) is 8.13. The Labute approximate surface area is 91.9 Å². The van der Waals surface area contributed by atoms with E-state index in [0.29, 0.717) is 0 Å². The number of nitrogens with one attached hydrogen (secondary N) is 1. The second-order valence-corrected chi connectivity index (χ2v) is 3.59. The van der Waals surface area contributed by atoms with Crippen molar-refractivity contribution in [2.45, 2.75) is 13.0 Å². The summed E-state index contributed by atoms with van der Waals surface area (Å²) in [7, 11) is 0. The van der Waals surface area contributed by atoms with Crippen molar-refractivity contribution in [2.24, 2.45) is 0 Å². The van der Waals surface area contributed by atoms with Crippen molar-refractivity contribution in [3.8, 4) is 0 Å². The van der Waals surface area contributed by atoms with E-state index in [9.17, 15) is 9.18 Å². The molecule has 1 atom stereocenters. The predicted molar refractivity (Wildman–Crippen MR) is 55.4 cm³/mol. The zero-order valence-corrected chi connectivity index (χ0v) is 8.88. The molecule has 0 radical (unpaired) electrons. The van der Waals surface area contributed by atoms with Crippen molar-refractivity contribution < 1.29 is 14.3 Å². The van der Waals surface area contributed by atoms with Crippen molar-refractivity contribution in [3.63, 3.8) is 0 Å². The average molecular weight is 232 g/mol. The van der Waals surface area contributed by atoms with E-state index in [-0.39, 0.29) is 23.2 Å². The fourth-order valence-electron chi connectivity index (χ4n) is 0.990. The quantitative estimate of drug-likeness (QED) is 0.830. The van der Waals surface area contributed by atoms with E-state index in [1.54, 1.807) is 6.92 Å². The molecule has 3 nitrogen and oxygen atoms in total. The Morgan fingerprint density at radius 2 is 2.33 bits per heavy atom. The van der Waals surface area contributed by atoms with Gasteiger partial charge >= 0.3 is 0 Å². The Morgan fingerprint density at radius 3 is 2.87 bits per heavy atom. The van der Waals surface area contributed by atoms with E-state index >= 15 is 0 Å². The maximum Gasteiger partial charge on any atom is 0.251 e. The van der Waals surface area contributed by atoms with Gasteiger partial charge < -0.3 is 10.4 Å². The van der Waals surface area contributed by atoms with Crippen LogP contribution in [-0.4, -0.2) is 23.7 Å². The number of benzene rings is 1. The van der Waals surface area contributed by atoms with Crippen molar-refractivity contribution in [1.29, 1.82) is 0 Å². The molecule has 0 aliphatic heterocycles. The lowest BCUT2D eigenvalue weighted by atomic mass is 10.2. The van der Waals surface area contributed by atoms with E-state index in [2.05, 4.69) is 5.32 Å². The van der Waals surface area contributed by atoms with Gasteiger partial charge in [-0.25, -0.2) is 4.39 Å². The first-order valence-electron chi connectivity index (χ1n) is 4.41. The van der Waals surface area contributed by atoms with Crippen LogP contribution in [0, 0.1) is 5.82 Å². The van der Waals surface area contributed by atoms with E-state index < -0.39 is 11.7 Å². The molecular weight excluding hydrogens is 221 g/mol. The summed E-state index contributed by atoms with van der Waals surface area (Å²) in [5, 5.41) is 11.2. The fourth-order valence-corrected chi connectivity index (χ4v) is 1.11.